The van der Waals surface area contributed by atoms with Crippen molar-refractivity contribution in [3.63, 3.8) is 0 Å². The average molecular weight is 57.3 g/mol. The highest BCUT2D eigenvalue weighted by Crippen LogP contribution is 1.64. The van der Waals surface area contributed by atoms with Gasteiger partial charge in [0.25, 0.3) is 0 Å². The predicted molar refractivity (Wildman–Crippen MR) is 23.3 cm³/mol. The van der Waals surface area contributed by atoms with Crippen LogP contribution in [0.5, 0.6) is 0 Å². The van der Waals surface area contributed by atoms with Crippen LogP contribution in [-0.2, 0) is 0 Å². The normalized spacial score (nSPS) is 11.2. The average Bonchev–Trinajstić information content (AvgIpc) is 0.722. The van der Waals surface area contributed by atoms with E-state index in [9.17, 15) is 0 Å². The molecule has 0 unspecified atom stereocenters. The predicted octanol–water partition coefficient (Wildman–Crippen LogP) is -1.86. The van der Waals surface area contributed by atoms with Gasteiger partial charge in [-0.1, -0.05) is 0 Å². The quantitative estimate of drug-likeness (QED) is 0.286. The van der Waals surface area contributed by atoms with Gasteiger partial charge in [0.15, 0.2) is 0 Å². The van der Waals surface area contributed by atoms with Gasteiger partial charge in [0, 0.05) is 0 Å². The van der Waals surface area contributed by atoms with Crippen LogP contribution in [0.4, 0.5) is 0 Å². The van der Waals surface area contributed by atoms with Gasteiger partial charge >= 0.3 is 31.9 Å². The first-order chi connectivity index (χ1) is 2.00. The standard InChI is InChI=1S/B4N/c1-5(2,3)4/q+1. The molecule has 0 atom stereocenters. The molecule has 0 N–H and O–H groups in total. The Labute approximate surface area is 37.0 Å². The van der Waals surface area contributed by atoms with Gasteiger partial charge in [-0.3, -0.25) is 0 Å². The summed E-state index contributed by atoms with van der Waals surface area (Å²) >= 11 is 0. The zero-order valence-electron chi connectivity index (χ0n) is 2.76. The maximum Gasteiger partial charge on any atom is 0.409 e. The lowest BCUT2D eigenvalue weighted by molar-refractivity contribution is -0.390. The molecule has 8 radical (unpaired) electrons. The SMILES string of the molecule is [B][N+]([B])([B])[B]. The van der Waals surface area contributed by atoms with Crippen molar-refractivity contribution in [3.8, 4) is 0 Å². The highest BCUT2D eigenvalue weighted by atomic mass is 15.0. The topological polar surface area (TPSA) is 0 Å². The van der Waals surface area contributed by atoms with Crippen molar-refractivity contribution >= 4 is 31.9 Å². The summed E-state index contributed by atoms with van der Waals surface area (Å²) in [7, 11) is 18.5. The summed E-state index contributed by atoms with van der Waals surface area (Å²) in [6, 6.07) is 0. The van der Waals surface area contributed by atoms with Gasteiger partial charge in [0.1, 0.15) is 0 Å². The number of hydrogen-bond acceptors (Lipinski definition) is 0. The van der Waals surface area contributed by atoms with Crippen molar-refractivity contribution in [2.75, 3.05) is 0 Å². The lowest BCUT2D eigenvalue weighted by Crippen LogP contribution is -2.36. The van der Waals surface area contributed by atoms with Gasteiger partial charge in [-0.15, -0.1) is 0 Å². The van der Waals surface area contributed by atoms with Gasteiger partial charge in [0.05, 0.1) is 0 Å². The van der Waals surface area contributed by atoms with E-state index in [1.807, 2.05) is 0 Å². The van der Waals surface area contributed by atoms with E-state index >= 15 is 0 Å². The van der Waals surface area contributed by atoms with Crippen molar-refractivity contribution in [1.29, 1.82) is 0 Å². The number of rotatable bonds is 0. The Kier molecular flexibility index (Phi) is 1.18. The third-order valence-electron chi connectivity index (χ3n) is 0. The summed E-state index contributed by atoms with van der Waals surface area (Å²) in [5, 5.41) is 0. The van der Waals surface area contributed by atoms with E-state index in [2.05, 4.69) is 31.9 Å². The van der Waals surface area contributed by atoms with Gasteiger partial charge in [-0.05, 0) is 0 Å². The lowest BCUT2D eigenvalue weighted by atomic mass is 9.85. The van der Waals surface area contributed by atoms with Crippen LogP contribution in [0.3, 0.4) is 0 Å². The molecule has 0 saturated carbocycles. The molecule has 0 fully saturated rings. The molecule has 0 aromatic carbocycles. The zero-order chi connectivity index (χ0) is 4.50. The summed E-state index contributed by atoms with van der Waals surface area (Å²) in [4.78, 5) is 0. The van der Waals surface area contributed by atoms with Crippen molar-refractivity contribution in [2.45, 2.75) is 0 Å². The van der Waals surface area contributed by atoms with Crippen LogP contribution >= 0.6 is 0 Å². The summed E-state index contributed by atoms with van der Waals surface area (Å²) in [5.74, 6) is 0. The third-order valence-corrected chi connectivity index (χ3v) is 0. The molecule has 0 bridgehead atoms. The minimum absolute atomic E-state index is 1.00. The highest BCUT2D eigenvalue weighted by Gasteiger charge is 1.96. The maximum absolute atomic E-state index is 4.62. The van der Waals surface area contributed by atoms with Gasteiger partial charge in [-0.2, -0.15) is 0 Å². The Hall–Kier alpha value is 0.220. The Balaban J connectivity index is 3.02. The van der Waals surface area contributed by atoms with E-state index in [-0.39, 0.29) is 0 Å². The van der Waals surface area contributed by atoms with E-state index in [0.717, 1.165) is 0 Å². The molecule has 1 nitrogen and oxygen atoms in total. The first kappa shape index (κ1) is 5.22. The Bertz CT molecular complexity index is 19.1. The molecule has 0 aliphatic carbocycles. The third kappa shape index (κ3) is 431. The molecule has 5 heavy (non-hydrogen) atoms. The van der Waals surface area contributed by atoms with E-state index in [0.29, 0.717) is 0 Å². The van der Waals surface area contributed by atoms with E-state index in [1.165, 1.54) is 0 Å². The zero-order valence-corrected chi connectivity index (χ0v) is 2.76. The Morgan fingerprint density at radius 3 is 0.800 bits per heavy atom. The number of nitrogens with zero attached hydrogens (tertiary/aromatic N) is 1. The molecule has 0 spiro atoms. The van der Waals surface area contributed by atoms with Crippen LogP contribution in [0, 0.1) is 0 Å². The molecule has 0 rings (SSSR count). The fraction of sp³-hybridized carbons (Fsp3) is 0. The monoisotopic (exact) mass is 58.0 g/mol. The summed E-state index contributed by atoms with van der Waals surface area (Å²) < 4.78 is -1.00. The van der Waals surface area contributed by atoms with Crippen LogP contribution in [0.25, 0.3) is 0 Å². The summed E-state index contributed by atoms with van der Waals surface area (Å²) in [5.41, 5.74) is 0. The van der Waals surface area contributed by atoms with Crippen molar-refractivity contribution in [3.05, 3.63) is 0 Å². The highest BCUT2D eigenvalue weighted by molar-refractivity contribution is 6.41. The molecule has 16 valence electrons. The van der Waals surface area contributed by atoms with Gasteiger partial charge in [0.2, 0.25) is 0 Å². The molecular formula is B4N+. The largest absolute Gasteiger partial charge is 0.635 e. The lowest BCUT2D eigenvalue weighted by Gasteiger charge is -2.18. The first-order valence-corrected chi connectivity index (χ1v) is 1.03. The van der Waals surface area contributed by atoms with Gasteiger partial charge in [-0.25, -0.2) is 0 Å². The van der Waals surface area contributed by atoms with E-state index < -0.39 is 4.13 Å². The Morgan fingerprint density at radius 1 is 0.800 bits per heavy atom. The summed E-state index contributed by atoms with van der Waals surface area (Å²) in [6.07, 6.45) is 0. The molecule has 0 aliphatic heterocycles. The second kappa shape index (κ2) is 1.13. The first-order valence-electron chi connectivity index (χ1n) is 1.03. The van der Waals surface area contributed by atoms with E-state index in [1.54, 1.807) is 0 Å². The van der Waals surface area contributed by atoms with Crippen LogP contribution in [0.2, 0.25) is 0 Å². The van der Waals surface area contributed by atoms with Crippen LogP contribution in [0.15, 0.2) is 0 Å². The smallest absolute Gasteiger partial charge is 0.409 e. The number of hydrogen-bond donors (Lipinski definition) is 0. The van der Waals surface area contributed by atoms with Crippen molar-refractivity contribution in [1.82, 2.24) is 0 Å². The van der Waals surface area contributed by atoms with Crippen molar-refractivity contribution < 1.29 is 4.13 Å². The second-order valence-corrected chi connectivity index (χ2v) is 0.894. The molecule has 0 saturated heterocycles. The minimum atomic E-state index is -1.00. The van der Waals surface area contributed by atoms with Crippen LogP contribution < -0.4 is 0 Å². The fourth-order valence-corrected chi connectivity index (χ4v) is 0. The number of quaternary nitrogens is 1. The Morgan fingerprint density at radius 2 is 0.800 bits per heavy atom. The molecule has 5 heteroatoms. The minimum Gasteiger partial charge on any atom is -0.635 e. The van der Waals surface area contributed by atoms with Gasteiger partial charge < -0.3 is 4.13 Å². The molecule has 0 amide bonds. The van der Waals surface area contributed by atoms with Crippen LogP contribution in [-0.4, -0.2) is 36.1 Å². The van der Waals surface area contributed by atoms with Crippen molar-refractivity contribution in [2.24, 2.45) is 0 Å². The second-order valence-electron chi connectivity index (χ2n) is 0.894. The molecule has 0 aliphatic rings. The molecule has 0 heterocycles. The van der Waals surface area contributed by atoms with Crippen LogP contribution in [0.1, 0.15) is 0 Å². The summed E-state index contributed by atoms with van der Waals surface area (Å²) in [6.45, 7) is 0. The maximum atomic E-state index is 4.62. The molecule has 0 aromatic heterocycles. The van der Waals surface area contributed by atoms with E-state index in [4.69, 9.17) is 0 Å². The molecule has 0 aromatic rings. The molecular weight excluding hydrogens is 57.3 g/mol. The fourth-order valence-electron chi connectivity index (χ4n) is 0.